The molecule has 17 heavy (non-hydrogen) atoms. The van der Waals surface area contributed by atoms with E-state index in [0.717, 1.165) is 0 Å². The molecule has 0 heterocycles. The molecule has 102 valence electrons. The summed E-state index contributed by atoms with van der Waals surface area (Å²) in [5.74, 6) is -11.6. The fraction of sp³-hybridized carbons (Fsp3) is 0.600. The number of halogens is 8. The van der Waals surface area contributed by atoms with E-state index in [-0.39, 0.29) is 0 Å². The number of hydrogen-bond acceptors (Lipinski definition) is 2. The molecule has 0 unspecified atom stereocenters. The summed E-state index contributed by atoms with van der Waals surface area (Å²) in [6.45, 7) is 0. The summed E-state index contributed by atoms with van der Waals surface area (Å²) in [6.07, 6.45) is -11.1. The molecule has 0 amide bonds. The van der Waals surface area contributed by atoms with E-state index in [9.17, 15) is 39.9 Å². The maximum absolute atomic E-state index is 11.3. The molecular weight excluding hydrogens is 276 g/mol. The van der Waals surface area contributed by atoms with Crippen molar-refractivity contribution in [3.63, 3.8) is 0 Å². The number of aliphatic carboxylic acids is 2. The predicted molar refractivity (Wildman–Crippen MR) is 32.3 cm³/mol. The minimum Gasteiger partial charge on any atom is -0.477 e. The lowest BCUT2D eigenvalue weighted by Crippen LogP contribution is -2.43. The van der Waals surface area contributed by atoms with Crippen molar-refractivity contribution >= 4 is 11.9 Å². The molecule has 2 N–H and O–H groups in total. The average Bonchev–Trinajstić information content (AvgIpc) is 2.00. The van der Waals surface area contributed by atoms with Gasteiger partial charge in [-0.3, -0.25) is 0 Å². The fourth-order valence-corrected chi connectivity index (χ4v) is 0.121. The Kier molecular flexibility index (Phi) is 5.37. The van der Waals surface area contributed by atoms with E-state index in [1.54, 1.807) is 0 Å². The van der Waals surface area contributed by atoms with Gasteiger partial charge in [-0.25, -0.2) is 9.59 Å². The number of alkyl halides is 8. The van der Waals surface area contributed by atoms with Gasteiger partial charge in [-0.1, -0.05) is 0 Å². The molecule has 0 aliphatic carbocycles. The van der Waals surface area contributed by atoms with Crippen LogP contribution in [0.1, 0.15) is 0 Å². The Morgan fingerprint density at radius 1 is 0.706 bits per heavy atom. The molecule has 0 aromatic carbocycles. The summed E-state index contributed by atoms with van der Waals surface area (Å²) in [6, 6.07) is 0. The van der Waals surface area contributed by atoms with E-state index in [2.05, 4.69) is 0 Å². The lowest BCUT2D eigenvalue weighted by molar-refractivity contribution is -0.277. The third kappa shape index (κ3) is 5.87. The van der Waals surface area contributed by atoms with Crippen LogP contribution in [0.5, 0.6) is 0 Å². The average molecular weight is 278 g/mol. The third-order valence-electron chi connectivity index (χ3n) is 0.867. The molecule has 0 aromatic rings. The van der Waals surface area contributed by atoms with E-state index >= 15 is 0 Å². The van der Waals surface area contributed by atoms with Gasteiger partial charge in [-0.2, -0.15) is 35.1 Å². The van der Waals surface area contributed by atoms with Crippen LogP contribution in [-0.2, 0) is 9.59 Å². The molecule has 0 saturated heterocycles. The van der Waals surface area contributed by atoms with Crippen molar-refractivity contribution in [3.8, 4) is 0 Å². The lowest BCUT2D eigenvalue weighted by Gasteiger charge is -2.13. The summed E-state index contributed by atoms with van der Waals surface area (Å²) < 4.78 is 87.3. The van der Waals surface area contributed by atoms with Crippen LogP contribution in [-0.4, -0.2) is 40.4 Å². The van der Waals surface area contributed by atoms with E-state index in [1.807, 2.05) is 0 Å². The summed E-state index contributed by atoms with van der Waals surface area (Å²) in [5.41, 5.74) is 0. The van der Waals surface area contributed by atoms with Gasteiger partial charge in [0, 0.05) is 0 Å². The van der Waals surface area contributed by atoms with E-state index in [4.69, 9.17) is 15.0 Å². The van der Waals surface area contributed by atoms with Crippen LogP contribution in [0.3, 0.4) is 0 Å². The van der Waals surface area contributed by atoms with Crippen molar-refractivity contribution in [2.24, 2.45) is 0 Å². The molecular formula is C5H2F8O4. The predicted octanol–water partition coefficient (Wildman–Crippen LogP) is 1.90. The first-order chi connectivity index (χ1) is 7.14. The second-order valence-electron chi connectivity index (χ2n) is 2.18. The Balaban J connectivity index is 0. The first-order valence-electron chi connectivity index (χ1n) is 3.12. The minimum absolute atomic E-state index is 2.76. The summed E-state index contributed by atoms with van der Waals surface area (Å²) in [7, 11) is 0. The Morgan fingerprint density at radius 2 is 0.941 bits per heavy atom. The van der Waals surface area contributed by atoms with Gasteiger partial charge in [-0.05, 0) is 0 Å². The van der Waals surface area contributed by atoms with E-state index in [1.165, 1.54) is 0 Å². The standard InChI is InChI=1S/C3HF5O2.C2HF3O2/c4-2(5,1(9)10)3(6,7)8;3-2(4,5)1(6)7/h(H,9,10);(H,6,7). The van der Waals surface area contributed by atoms with Crippen LogP contribution in [0, 0.1) is 0 Å². The highest BCUT2D eigenvalue weighted by Gasteiger charge is 2.64. The van der Waals surface area contributed by atoms with Crippen molar-refractivity contribution in [2.75, 3.05) is 0 Å². The monoisotopic (exact) mass is 278 g/mol. The molecule has 0 aromatic heterocycles. The molecule has 0 aliphatic rings. The van der Waals surface area contributed by atoms with Gasteiger partial charge in [0.15, 0.2) is 0 Å². The Labute approximate surface area is 86.4 Å². The normalized spacial score (nSPS) is 12.5. The highest BCUT2D eigenvalue weighted by atomic mass is 19.4. The quantitative estimate of drug-likeness (QED) is 0.718. The lowest BCUT2D eigenvalue weighted by atomic mass is 10.3. The number of carboxylic acid groups (broad SMARTS) is 2. The van der Waals surface area contributed by atoms with Crippen LogP contribution in [0.2, 0.25) is 0 Å². The summed E-state index contributed by atoms with van der Waals surface area (Å²) in [4.78, 5) is 18.1. The van der Waals surface area contributed by atoms with E-state index in [0.29, 0.717) is 0 Å². The van der Waals surface area contributed by atoms with Gasteiger partial charge in [0.25, 0.3) is 0 Å². The van der Waals surface area contributed by atoms with Gasteiger partial charge < -0.3 is 10.2 Å². The number of rotatable bonds is 1. The van der Waals surface area contributed by atoms with Gasteiger partial charge in [0.2, 0.25) is 0 Å². The van der Waals surface area contributed by atoms with Crippen LogP contribution in [0.25, 0.3) is 0 Å². The van der Waals surface area contributed by atoms with Crippen molar-refractivity contribution in [1.82, 2.24) is 0 Å². The highest BCUT2D eigenvalue weighted by Crippen LogP contribution is 2.35. The largest absolute Gasteiger partial charge is 0.490 e. The molecule has 0 saturated carbocycles. The maximum atomic E-state index is 11.3. The Hall–Kier alpha value is -1.62. The summed E-state index contributed by atoms with van der Waals surface area (Å²) >= 11 is 0. The van der Waals surface area contributed by atoms with Crippen molar-refractivity contribution < 1.29 is 54.9 Å². The second kappa shape index (κ2) is 5.14. The molecule has 0 fully saturated rings. The molecule has 0 atom stereocenters. The van der Waals surface area contributed by atoms with Crippen molar-refractivity contribution in [1.29, 1.82) is 0 Å². The van der Waals surface area contributed by atoms with Crippen LogP contribution >= 0.6 is 0 Å². The molecule has 12 heteroatoms. The summed E-state index contributed by atoms with van der Waals surface area (Å²) in [5, 5.41) is 14.4. The molecule has 0 spiro atoms. The molecule has 0 aliphatic heterocycles. The zero-order valence-electron chi connectivity index (χ0n) is 7.23. The number of carbonyl (C=O) groups is 2. The number of carboxylic acids is 2. The maximum Gasteiger partial charge on any atom is 0.490 e. The van der Waals surface area contributed by atoms with E-state index < -0.39 is 30.2 Å². The minimum atomic E-state index is -6.02. The van der Waals surface area contributed by atoms with Gasteiger partial charge in [-0.15, -0.1) is 0 Å². The SMILES string of the molecule is O=C(O)C(F)(F)C(F)(F)F.O=C(O)C(F)(F)F. The van der Waals surface area contributed by atoms with Crippen molar-refractivity contribution in [2.45, 2.75) is 18.3 Å². The molecule has 0 rings (SSSR count). The van der Waals surface area contributed by atoms with Gasteiger partial charge in [0.05, 0.1) is 0 Å². The topological polar surface area (TPSA) is 74.6 Å². The smallest absolute Gasteiger partial charge is 0.477 e. The molecule has 4 nitrogen and oxygen atoms in total. The molecule has 0 radical (unpaired) electrons. The molecule has 0 bridgehead atoms. The first-order valence-corrected chi connectivity index (χ1v) is 3.12. The van der Waals surface area contributed by atoms with Crippen LogP contribution in [0.4, 0.5) is 35.1 Å². The highest BCUT2D eigenvalue weighted by molar-refractivity contribution is 5.76. The fourth-order valence-electron chi connectivity index (χ4n) is 0.121. The zero-order valence-corrected chi connectivity index (χ0v) is 7.23. The Bertz CT molecular complexity index is 289. The zero-order chi connectivity index (χ0) is 14.7. The third-order valence-corrected chi connectivity index (χ3v) is 0.867. The Morgan fingerprint density at radius 3 is 0.941 bits per heavy atom. The second-order valence-corrected chi connectivity index (χ2v) is 2.18. The van der Waals surface area contributed by atoms with Gasteiger partial charge >= 0.3 is 30.2 Å². The van der Waals surface area contributed by atoms with Gasteiger partial charge in [0.1, 0.15) is 0 Å². The number of hydrogen-bond donors (Lipinski definition) is 2. The van der Waals surface area contributed by atoms with Crippen LogP contribution in [0.15, 0.2) is 0 Å². The van der Waals surface area contributed by atoms with Crippen LogP contribution < -0.4 is 0 Å². The van der Waals surface area contributed by atoms with Crippen molar-refractivity contribution in [3.05, 3.63) is 0 Å². The first kappa shape index (κ1) is 17.8.